The van der Waals surface area contributed by atoms with Gasteiger partial charge in [-0.25, -0.2) is 0 Å². The largest absolute Gasteiger partial charge is 0.492 e. The van der Waals surface area contributed by atoms with Crippen LogP contribution in [0.3, 0.4) is 0 Å². The third-order valence-electron chi connectivity index (χ3n) is 4.14. The van der Waals surface area contributed by atoms with Crippen LogP contribution in [0, 0.1) is 11.3 Å². The zero-order chi connectivity index (χ0) is 15.1. The second kappa shape index (κ2) is 8.02. The molecule has 21 heavy (non-hydrogen) atoms. The normalized spacial score (nSPS) is 18.9. The monoisotopic (exact) mass is 287 g/mol. The molecule has 0 aliphatic carbocycles. The van der Waals surface area contributed by atoms with Gasteiger partial charge in [-0.05, 0) is 52.0 Å². The summed E-state index contributed by atoms with van der Waals surface area (Å²) in [6, 6.07) is 10.3. The van der Waals surface area contributed by atoms with E-state index in [0.29, 0.717) is 24.0 Å². The van der Waals surface area contributed by atoms with Crippen LogP contribution in [0.1, 0.15) is 24.8 Å². The Morgan fingerprint density at radius 2 is 2.24 bits per heavy atom. The highest BCUT2D eigenvalue weighted by atomic mass is 16.5. The van der Waals surface area contributed by atoms with Crippen molar-refractivity contribution >= 4 is 0 Å². The molecule has 1 atom stereocenters. The highest BCUT2D eigenvalue weighted by molar-refractivity contribution is 5.42. The summed E-state index contributed by atoms with van der Waals surface area (Å²) in [5.74, 6) is 0.693. The van der Waals surface area contributed by atoms with Gasteiger partial charge in [-0.1, -0.05) is 12.1 Å². The Morgan fingerprint density at radius 3 is 2.95 bits per heavy atom. The lowest BCUT2D eigenvalue weighted by atomic mass is 10.2. The molecule has 1 aromatic rings. The second-order valence-corrected chi connectivity index (χ2v) is 5.85. The molecule has 2 rings (SSSR count). The lowest BCUT2D eigenvalue weighted by molar-refractivity contribution is 0.205. The van der Waals surface area contributed by atoms with Crippen LogP contribution in [0.2, 0.25) is 0 Å². The maximum atomic E-state index is 9.00. The van der Waals surface area contributed by atoms with E-state index in [4.69, 9.17) is 10.00 Å². The van der Waals surface area contributed by atoms with Crippen molar-refractivity contribution in [1.82, 2.24) is 9.80 Å². The molecule has 0 N–H and O–H groups in total. The van der Waals surface area contributed by atoms with Crippen LogP contribution in [-0.4, -0.2) is 56.2 Å². The standard InChI is InChI=1S/C17H25N3O/c1-19(14-16-8-5-11-20(16)2)10-6-12-21-17-9-4-3-7-15(17)13-18/h3-4,7,9,16H,5-6,8,10-12,14H2,1-2H3. The Balaban J connectivity index is 1.66. The lowest BCUT2D eigenvalue weighted by Crippen LogP contribution is -2.37. The van der Waals surface area contributed by atoms with E-state index >= 15 is 0 Å². The summed E-state index contributed by atoms with van der Waals surface area (Å²) in [6.07, 6.45) is 3.61. The van der Waals surface area contributed by atoms with Gasteiger partial charge in [0, 0.05) is 19.1 Å². The van der Waals surface area contributed by atoms with Crippen molar-refractivity contribution in [1.29, 1.82) is 5.26 Å². The van der Waals surface area contributed by atoms with Crippen LogP contribution >= 0.6 is 0 Å². The van der Waals surface area contributed by atoms with Crippen LogP contribution < -0.4 is 4.74 Å². The van der Waals surface area contributed by atoms with Gasteiger partial charge in [0.05, 0.1) is 12.2 Å². The number of likely N-dealkylation sites (tertiary alicyclic amines) is 1. The van der Waals surface area contributed by atoms with Crippen molar-refractivity contribution in [2.24, 2.45) is 0 Å². The fourth-order valence-corrected chi connectivity index (χ4v) is 2.86. The molecule has 1 fully saturated rings. The van der Waals surface area contributed by atoms with Gasteiger partial charge in [-0.3, -0.25) is 0 Å². The van der Waals surface area contributed by atoms with Crippen molar-refractivity contribution in [3.63, 3.8) is 0 Å². The summed E-state index contributed by atoms with van der Waals surface area (Å²) in [6.45, 7) is 4.04. The minimum Gasteiger partial charge on any atom is -0.492 e. The Morgan fingerprint density at radius 1 is 1.43 bits per heavy atom. The summed E-state index contributed by atoms with van der Waals surface area (Å²) in [5.41, 5.74) is 0.610. The SMILES string of the molecule is CN(CCCOc1ccccc1C#N)CC1CCCN1C. The topological polar surface area (TPSA) is 39.5 Å². The molecule has 114 valence electrons. The second-order valence-electron chi connectivity index (χ2n) is 5.85. The predicted octanol–water partition coefficient (Wildman–Crippen LogP) is 2.35. The number of para-hydroxylation sites is 1. The third kappa shape index (κ3) is 4.73. The van der Waals surface area contributed by atoms with E-state index in [1.54, 1.807) is 6.07 Å². The van der Waals surface area contributed by atoms with Gasteiger partial charge in [0.15, 0.2) is 0 Å². The Bertz CT molecular complexity index is 483. The van der Waals surface area contributed by atoms with Crippen LogP contribution in [0.4, 0.5) is 0 Å². The van der Waals surface area contributed by atoms with E-state index < -0.39 is 0 Å². The predicted molar refractivity (Wildman–Crippen MR) is 84.4 cm³/mol. The number of likely N-dealkylation sites (N-methyl/N-ethyl adjacent to an activating group) is 2. The van der Waals surface area contributed by atoms with Crippen LogP contribution in [0.5, 0.6) is 5.75 Å². The van der Waals surface area contributed by atoms with Crippen LogP contribution in [-0.2, 0) is 0 Å². The molecule has 1 aliphatic heterocycles. The van der Waals surface area contributed by atoms with Crippen molar-refractivity contribution < 1.29 is 4.74 Å². The van der Waals surface area contributed by atoms with E-state index in [2.05, 4.69) is 30.0 Å². The molecule has 4 nitrogen and oxygen atoms in total. The van der Waals surface area contributed by atoms with Crippen molar-refractivity contribution in [2.75, 3.05) is 40.3 Å². The summed E-state index contributed by atoms with van der Waals surface area (Å²) in [5, 5.41) is 9.00. The van der Waals surface area contributed by atoms with E-state index in [-0.39, 0.29) is 0 Å². The molecule has 1 aliphatic rings. The number of nitriles is 1. The Kier molecular flexibility index (Phi) is 6.04. The quantitative estimate of drug-likeness (QED) is 0.722. The molecule has 4 heteroatoms. The highest BCUT2D eigenvalue weighted by Gasteiger charge is 2.21. The van der Waals surface area contributed by atoms with E-state index in [0.717, 1.165) is 19.5 Å². The number of hydrogen-bond donors (Lipinski definition) is 0. The molecule has 1 saturated heterocycles. The van der Waals surface area contributed by atoms with E-state index in [9.17, 15) is 0 Å². The van der Waals surface area contributed by atoms with Crippen molar-refractivity contribution in [3.8, 4) is 11.8 Å². The molecule has 1 heterocycles. The number of hydrogen-bond acceptors (Lipinski definition) is 4. The Hall–Kier alpha value is -1.57. The minimum atomic E-state index is 0.610. The summed E-state index contributed by atoms with van der Waals surface area (Å²) < 4.78 is 5.71. The molecule has 1 unspecified atom stereocenters. The molecular formula is C17H25N3O. The summed E-state index contributed by atoms with van der Waals surface area (Å²) in [7, 11) is 4.39. The fourth-order valence-electron chi connectivity index (χ4n) is 2.86. The first-order chi connectivity index (χ1) is 10.2. The average molecular weight is 287 g/mol. The number of rotatable bonds is 7. The maximum absolute atomic E-state index is 9.00. The van der Waals surface area contributed by atoms with Gasteiger partial charge in [0.2, 0.25) is 0 Å². The first kappa shape index (κ1) is 15.8. The average Bonchev–Trinajstić information content (AvgIpc) is 2.89. The van der Waals surface area contributed by atoms with Crippen molar-refractivity contribution in [2.45, 2.75) is 25.3 Å². The zero-order valence-electron chi connectivity index (χ0n) is 13.1. The molecule has 0 radical (unpaired) electrons. The van der Waals surface area contributed by atoms with E-state index in [1.807, 2.05) is 18.2 Å². The summed E-state index contributed by atoms with van der Waals surface area (Å²) >= 11 is 0. The zero-order valence-corrected chi connectivity index (χ0v) is 13.1. The highest BCUT2D eigenvalue weighted by Crippen LogP contribution is 2.17. The minimum absolute atomic E-state index is 0.610. The van der Waals surface area contributed by atoms with Gasteiger partial charge in [0.1, 0.15) is 11.8 Å². The number of benzene rings is 1. The van der Waals surface area contributed by atoms with Gasteiger partial charge in [-0.15, -0.1) is 0 Å². The lowest BCUT2D eigenvalue weighted by Gasteiger charge is -2.25. The Labute approximate surface area is 127 Å². The third-order valence-corrected chi connectivity index (χ3v) is 4.14. The first-order valence-electron chi connectivity index (χ1n) is 7.71. The molecule has 0 spiro atoms. The van der Waals surface area contributed by atoms with Gasteiger partial charge >= 0.3 is 0 Å². The van der Waals surface area contributed by atoms with Crippen LogP contribution in [0.15, 0.2) is 24.3 Å². The first-order valence-corrected chi connectivity index (χ1v) is 7.71. The van der Waals surface area contributed by atoms with Crippen LogP contribution in [0.25, 0.3) is 0 Å². The maximum Gasteiger partial charge on any atom is 0.137 e. The molecular weight excluding hydrogens is 262 g/mol. The smallest absolute Gasteiger partial charge is 0.137 e. The number of ether oxygens (including phenoxy) is 1. The van der Waals surface area contributed by atoms with Gasteiger partial charge < -0.3 is 14.5 Å². The molecule has 0 saturated carbocycles. The van der Waals surface area contributed by atoms with Crippen molar-refractivity contribution in [3.05, 3.63) is 29.8 Å². The summed E-state index contributed by atoms with van der Waals surface area (Å²) in [4.78, 5) is 4.84. The fraction of sp³-hybridized carbons (Fsp3) is 0.588. The molecule has 0 bridgehead atoms. The molecule has 1 aromatic carbocycles. The van der Waals surface area contributed by atoms with Gasteiger partial charge in [0.25, 0.3) is 0 Å². The van der Waals surface area contributed by atoms with E-state index in [1.165, 1.54) is 19.4 Å². The van der Waals surface area contributed by atoms with Gasteiger partial charge in [-0.2, -0.15) is 5.26 Å². The number of nitrogens with zero attached hydrogens (tertiary/aromatic N) is 3. The molecule has 0 aromatic heterocycles. The molecule has 0 amide bonds.